The monoisotopic (exact) mass is 178 g/mol. The van der Waals surface area contributed by atoms with Crippen LogP contribution in [0.1, 0.15) is 0 Å². The Morgan fingerprint density at radius 3 is 2.67 bits per heavy atom. The molecule has 0 heterocycles. The summed E-state index contributed by atoms with van der Waals surface area (Å²) in [6.07, 6.45) is 0. The number of halogens is 1. The van der Waals surface area contributed by atoms with Gasteiger partial charge in [-0.3, -0.25) is 0 Å². The summed E-state index contributed by atoms with van der Waals surface area (Å²) < 4.78 is 16.5. The van der Waals surface area contributed by atoms with E-state index in [1.54, 1.807) is 7.11 Å². The highest BCUT2D eigenvalue weighted by molar-refractivity contribution is 4.53. The van der Waals surface area contributed by atoms with Gasteiger partial charge < -0.3 is 15.0 Å². The van der Waals surface area contributed by atoms with Crippen molar-refractivity contribution in [3.63, 3.8) is 0 Å². The highest BCUT2D eigenvalue weighted by Crippen LogP contribution is 1.80. The van der Waals surface area contributed by atoms with Gasteiger partial charge in [-0.05, 0) is 7.05 Å². The smallest absolute Gasteiger partial charge is 0.102 e. The fourth-order valence-corrected chi connectivity index (χ4v) is 0.821. The molecule has 0 saturated carbocycles. The van der Waals surface area contributed by atoms with Crippen molar-refractivity contribution in [2.75, 3.05) is 53.6 Å². The second kappa shape index (κ2) is 8.90. The Balaban J connectivity index is 3.02. The predicted molar refractivity (Wildman–Crippen MR) is 48.2 cm³/mol. The molecule has 0 unspecified atom stereocenters. The Hall–Kier alpha value is -0.190. The molecule has 3 nitrogen and oxygen atoms in total. The number of hydrogen-bond acceptors (Lipinski definition) is 3. The molecule has 0 fully saturated rings. The standard InChI is InChI=1S/C8H19FN2O/c1-11(7-8-12-2)6-5-10-4-3-9/h10H,3-8H2,1-2H3. The minimum atomic E-state index is -0.290. The molecule has 0 saturated heterocycles. The first-order chi connectivity index (χ1) is 5.81. The van der Waals surface area contributed by atoms with Gasteiger partial charge in [-0.15, -0.1) is 0 Å². The molecule has 1 N–H and O–H groups in total. The Bertz CT molecular complexity index is 93.1. The third kappa shape index (κ3) is 7.91. The molecule has 4 heteroatoms. The van der Waals surface area contributed by atoms with Gasteiger partial charge in [-0.1, -0.05) is 0 Å². The van der Waals surface area contributed by atoms with E-state index in [4.69, 9.17) is 4.74 Å². The molecule has 0 radical (unpaired) electrons. The van der Waals surface area contributed by atoms with Crippen LogP contribution in [0.2, 0.25) is 0 Å². The van der Waals surface area contributed by atoms with Crippen LogP contribution in [0.5, 0.6) is 0 Å². The van der Waals surface area contributed by atoms with Gasteiger partial charge in [0.1, 0.15) is 6.67 Å². The quantitative estimate of drug-likeness (QED) is 0.534. The van der Waals surface area contributed by atoms with E-state index in [2.05, 4.69) is 10.2 Å². The number of ether oxygens (including phenoxy) is 1. The maximum atomic E-state index is 11.6. The van der Waals surface area contributed by atoms with Crippen molar-refractivity contribution in [3.05, 3.63) is 0 Å². The molecule has 0 aromatic carbocycles. The molecule has 0 aliphatic carbocycles. The molecule has 0 aromatic rings. The lowest BCUT2D eigenvalue weighted by atomic mass is 10.5. The first-order valence-electron chi connectivity index (χ1n) is 4.25. The maximum Gasteiger partial charge on any atom is 0.102 e. The van der Waals surface area contributed by atoms with Crippen LogP contribution in [0, 0.1) is 0 Å². The molecule has 0 bridgehead atoms. The van der Waals surface area contributed by atoms with E-state index in [0.29, 0.717) is 6.54 Å². The molecular formula is C8H19FN2O. The summed E-state index contributed by atoms with van der Waals surface area (Å²) in [5.41, 5.74) is 0. The van der Waals surface area contributed by atoms with Crippen molar-refractivity contribution < 1.29 is 9.13 Å². The van der Waals surface area contributed by atoms with Crippen LogP contribution in [-0.2, 0) is 4.74 Å². The number of likely N-dealkylation sites (N-methyl/N-ethyl adjacent to an activating group) is 1. The first-order valence-corrected chi connectivity index (χ1v) is 4.25. The Morgan fingerprint density at radius 2 is 2.08 bits per heavy atom. The molecule has 74 valence electrons. The number of nitrogens with one attached hydrogen (secondary N) is 1. The molecule has 0 atom stereocenters. The van der Waals surface area contributed by atoms with Crippen LogP contribution in [0.3, 0.4) is 0 Å². The summed E-state index contributed by atoms with van der Waals surface area (Å²) in [6.45, 7) is 3.61. The van der Waals surface area contributed by atoms with Crippen LogP contribution in [0.25, 0.3) is 0 Å². The van der Waals surface area contributed by atoms with Crippen molar-refractivity contribution in [1.29, 1.82) is 0 Å². The molecule has 0 aromatic heterocycles. The zero-order valence-corrected chi connectivity index (χ0v) is 7.98. The van der Waals surface area contributed by atoms with Gasteiger partial charge in [-0.25, -0.2) is 4.39 Å². The topological polar surface area (TPSA) is 24.5 Å². The third-order valence-electron chi connectivity index (χ3n) is 1.62. The lowest BCUT2D eigenvalue weighted by Crippen LogP contribution is -2.32. The highest BCUT2D eigenvalue weighted by atomic mass is 19.1. The molecular weight excluding hydrogens is 159 g/mol. The summed E-state index contributed by atoms with van der Waals surface area (Å²) in [4.78, 5) is 2.15. The van der Waals surface area contributed by atoms with Gasteiger partial charge in [0.15, 0.2) is 0 Å². The van der Waals surface area contributed by atoms with Crippen LogP contribution < -0.4 is 5.32 Å². The average molecular weight is 178 g/mol. The fraction of sp³-hybridized carbons (Fsp3) is 1.00. The predicted octanol–water partition coefficient (Wildman–Crippen LogP) is 0.124. The van der Waals surface area contributed by atoms with E-state index in [0.717, 1.165) is 26.2 Å². The van der Waals surface area contributed by atoms with Gasteiger partial charge in [0, 0.05) is 33.3 Å². The summed E-state index contributed by atoms with van der Waals surface area (Å²) >= 11 is 0. The van der Waals surface area contributed by atoms with Gasteiger partial charge in [-0.2, -0.15) is 0 Å². The minimum absolute atomic E-state index is 0.290. The number of hydrogen-bond donors (Lipinski definition) is 1. The molecule has 0 aliphatic heterocycles. The molecule has 12 heavy (non-hydrogen) atoms. The maximum absolute atomic E-state index is 11.6. The van der Waals surface area contributed by atoms with Crippen molar-refractivity contribution in [3.8, 4) is 0 Å². The third-order valence-corrected chi connectivity index (χ3v) is 1.62. The fourth-order valence-electron chi connectivity index (χ4n) is 0.821. The molecule has 0 aliphatic rings. The van der Waals surface area contributed by atoms with Gasteiger partial charge in [0.2, 0.25) is 0 Å². The van der Waals surface area contributed by atoms with Crippen LogP contribution in [0.4, 0.5) is 4.39 Å². The van der Waals surface area contributed by atoms with E-state index in [1.165, 1.54) is 0 Å². The Morgan fingerprint density at radius 1 is 1.33 bits per heavy atom. The molecule has 0 spiro atoms. The summed E-state index contributed by atoms with van der Waals surface area (Å²) in [6, 6.07) is 0. The van der Waals surface area contributed by atoms with Crippen LogP contribution >= 0.6 is 0 Å². The van der Waals surface area contributed by atoms with Gasteiger partial charge in [0.05, 0.1) is 6.61 Å². The zero-order valence-electron chi connectivity index (χ0n) is 7.98. The van der Waals surface area contributed by atoms with E-state index in [1.807, 2.05) is 7.05 Å². The van der Waals surface area contributed by atoms with Crippen molar-refractivity contribution >= 4 is 0 Å². The van der Waals surface area contributed by atoms with Crippen molar-refractivity contribution in [2.24, 2.45) is 0 Å². The SMILES string of the molecule is COCCN(C)CCNCCF. The van der Waals surface area contributed by atoms with E-state index < -0.39 is 0 Å². The zero-order chi connectivity index (χ0) is 9.23. The van der Waals surface area contributed by atoms with E-state index in [-0.39, 0.29) is 6.67 Å². The van der Waals surface area contributed by atoms with E-state index in [9.17, 15) is 4.39 Å². The van der Waals surface area contributed by atoms with Crippen molar-refractivity contribution in [2.45, 2.75) is 0 Å². The second-order valence-electron chi connectivity index (χ2n) is 2.74. The largest absolute Gasteiger partial charge is 0.383 e. The first kappa shape index (κ1) is 11.8. The van der Waals surface area contributed by atoms with Gasteiger partial charge >= 0.3 is 0 Å². The summed E-state index contributed by atoms with van der Waals surface area (Å²) in [5.74, 6) is 0. The van der Waals surface area contributed by atoms with Crippen LogP contribution in [0.15, 0.2) is 0 Å². The Kier molecular flexibility index (Phi) is 8.76. The lowest BCUT2D eigenvalue weighted by molar-refractivity contribution is 0.161. The van der Waals surface area contributed by atoms with Crippen LogP contribution in [-0.4, -0.2) is 58.5 Å². The Labute approximate surface area is 73.9 Å². The van der Waals surface area contributed by atoms with Crippen molar-refractivity contribution in [1.82, 2.24) is 10.2 Å². The highest BCUT2D eigenvalue weighted by Gasteiger charge is 1.95. The lowest BCUT2D eigenvalue weighted by Gasteiger charge is -2.15. The normalized spacial score (nSPS) is 11.0. The summed E-state index contributed by atoms with van der Waals surface area (Å²) in [7, 11) is 3.71. The van der Waals surface area contributed by atoms with Gasteiger partial charge in [0.25, 0.3) is 0 Å². The summed E-state index contributed by atoms with van der Waals surface area (Å²) in [5, 5.41) is 2.98. The number of nitrogens with zero attached hydrogens (tertiary/aromatic N) is 1. The number of methoxy groups -OCH3 is 1. The van der Waals surface area contributed by atoms with E-state index >= 15 is 0 Å². The number of alkyl halides is 1. The average Bonchev–Trinajstić information content (AvgIpc) is 2.09. The molecule has 0 amide bonds. The second-order valence-corrected chi connectivity index (χ2v) is 2.74. The molecule has 0 rings (SSSR count). The number of rotatable bonds is 8. The minimum Gasteiger partial charge on any atom is -0.383 e.